The molecule has 6 rings (SSSR count). The van der Waals surface area contributed by atoms with Crippen molar-refractivity contribution in [1.82, 2.24) is 10.6 Å². The summed E-state index contributed by atoms with van der Waals surface area (Å²) in [4.78, 5) is 40.5. The summed E-state index contributed by atoms with van der Waals surface area (Å²) in [7, 11) is 1.57. The number of amides is 2. The van der Waals surface area contributed by atoms with E-state index in [-0.39, 0.29) is 25.0 Å². The Morgan fingerprint density at radius 2 is 1.16 bits per heavy atom. The molecule has 5 aromatic carbocycles. The van der Waals surface area contributed by atoms with Crippen molar-refractivity contribution in [3.63, 3.8) is 0 Å². The summed E-state index contributed by atoms with van der Waals surface area (Å²) >= 11 is 0. The Morgan fingerprint density at radius 3 is 1.67 bits per heavy atom. The molecule has 0 fully saturated rings. The fourth-order valence-corrected chi connectivity index (χ4v) is 6.53. The average Bonchev–Trinajstić information content (AvgIpc) is 3.48. The van der Waals surface area contributed by atoms with E-state index in [1.807, 2.05) is 118 Å². The van der Waals surface area contributed by atoms with Crippen LogP contribution in [0.25, 0.3) is 11.1 Å². The van der Waals surface area contributed by atoms with Crippen molar-refractivity contribution in [2.24, 2.45) is 0 Å². The van der Waals surface area contributed by atoms with Crippen molar-refractivity contribution in [2.75, 3.05) is 20.3 Å². The first-order chi connectivity index (χ1) is 24.6. The predicted molar refractivity (Wildman–Crippen MR) is 196 cm³/mol. The lowest BCUT2D eigenvalue weighted by Gasteiger charge is -2.36. The van der Waals surface area contributed by atoms with Crippen LogP contribution in [0.4, 0.5) is 4.79 Å². The third-order valence-corrected chi connectivity index (χ3v) is 9.00. The Balaban J connectivity index is 1.32. The molecule has 0 aliphatic heterocycles. The highest BCUT2D eigenvalue weighted by atomic mass is 16.6. The van der Waals surface area contributed by atoms with Crippen molar-refractivity contribution in [1.29, 1.82) is 0 Å². The summed E-state index contributed by atoms with van der Waals surface area (Å²) in [6.45, 7) is 5.53. The van der Waals surface area contributed by atoms with Crippen LogP contribution in [0.5, 0.6) is 0 Å². The number of rotatable bonds is 11. The highest BCUT2D eigenvalue weighted by Crippen LogP contribution is 2.45. The number of esters is 1. The van der Waals surface area contributed by atoms with E-state index in [1.165, 1.54) is 0 Å². The van der Waals surface area contributed by atoms with E-state index in [9.17, 15) is 14.4 Å². The van der Waals surface area contributed by atoms with Crippen LogP contribution in [-0.2, 0) is 24.6 Å². The van der Waals surface area contributed by atoms with Crippen LogP contribution in [0.15, 0.2) is 133 Å². The molecule has 8 heteroatoms. The average molecular weight is 683 g/mol. The molecule has 0 bridgehead atoms. The molecule has 0 aromatic heterocycles. The molecule has 1 aliphatic carbocycles. The summed E-state index contributed by atoms with van der Waals surface area (Å²) < 4.78 is 18.5. The van der Waals surface area contributed by atoms with Crippen LogP contribution in [-0.4, -0.2) is 49.9 Å². The number of hydrogen-bond donors (Lipinski definition) is 2. The zero-order valence-electron chi connectivity index (χ0n) is 29.2. The minimum absolute atomic E-state index is 0.0808. The van der Waals surface area contributed by atoms with Crippen molar-refractivity contribution >= 4 is 18.0 Å². The van der Waals surface area contributed by atoms with Gasteiger partial charge in [-0.15, -0.1) is 0 Å². The van der Waals surface area contributed by atoms with Gasteiger partial charge in [0.1, 0.15) is 6.61 Å². The Bertz CT molecular complexity index is 1900. The lowest BCUT2D eigenvalue weighted by atomic mass is 9.79. The topological polar surface area (TPSA) is 103 Å². The molecule has 8 nitrogen and oxygen atoms in total. The second kappa shape index (κ2) is 15.0. The zero-order chi connectivity index (χ0) is 36.0. The summed E-state index contributed by atoms with van der Waals surface area (Å²) in [5, 5.41) is 5.40. The molecule has 0 spiro atoms. The Kier molecular flexibility index (Phi) is 10.3. The lowest BCUT2D eigenvalue weighted by Crippen LogP contribution is -2.49. The van der Waals surface area contributed by atoms with Gasteiger partial charge in [-0.25, -0.2) is 9.59 Å². The van der Waals surface area contributed by atoms with Gasteiger partial charge in [0.25, 0.3) is 5.91 Å². The highest BCUT2D eigenvalue weighted by Gasteiger charge is 2.43. The normalized spacial score (nSPS) is 13.0. The first-order valence-corrected chi connectivity index (χ1v) is 17.0. The Hall–Kier alpha value is -5.73. The molecule has 2 amide bonds. The third-order valence-electron chi connectivity index (χ3n) is 9.00. The lowest BCUT2D eigenvalue weighted by molar-refractivity contribution is -0.159. The molecule has 0 radical (unpaired) electrons. The molecule has 5 aromatic rings. The predicted octanol–water partition coefficient (Wildman–Crippen LogP) is 7.60. The standard InChI is InChI=1S/C43H42N2O6/c1-42(2,3)50-28-38(45-41(48)49-27-37-35-21-13-11-19-33(35)34-20-12-14-22-36(34)37)40(47)51-43(30-15-7-5-8-16-30,31-17-9-6-10-18-31)32-25-23-29(24-26-32)39(46)44-4/h5-26,37-38H,27-28H2,1-4H3,(H,44,46)(H,45,48)/t38-/m0/s1. The van der Waals surface area contributed by atoms with E-state index in [1.54, 1.807) is 31.3 Å². The van der Waals surface area contributed by atoms with E-state index >= 15 is 0 Å². The number of ether oxygens (including phenoxy) is 3. The van der Waals surface area contributed by atoms with Crippen LogP contribution in [0.3, 0.4) is 0 Å². The number of benzene rings is 5. The molecule has 0 saturated carbocycles. The van der Waals surface area contributed by atoms with Crippen molar-refractivity contribution in [3.8, 4) is 11.1 Å². The van der Waals surface area contributed by atoms with Crippen molar-refractivity contribution in [3.05, 3.63) is 167 Å². The van der Waals surface area contributed by atoms with Gasteiger partial charge in [-0.05, 0) is 55.2 Å². The maximum absolute atomic E-state index is 14.5. The van der Waals surface area contributed by atoms with Crippen molar-refractivity contribution < 1.29 is 28.6 Å². The van der Waals surface area contributed by atoms with Gasteiger partial charge in [-0.3, -0.25) is 4.79 Å². The van der Waals surface area contributed by atoms with Gasteiger partial charge in [-0.2, -0.15) is 0 Å². The van der Waals surface area contributed by atoms with Crippen LogP contribution < -0.4 is 10.6 Å². The van der Waals surface area contributed by atoms with Crippen LogP contribution >= 0.6 is 0 Å². The summed E-state index contributed by atoms with van der Waals surface area (Å²) in [5.74, 6) is -1.12. The molecule has 2 N–H and O–H groups in total. The molecular weight excluding hydrogens is 640 g/mol. The molecular formula is C43H42N2O6. The van der Waals surface area contributed by atoms with Gasteiger partial charge in [0.05, 0.1) is 12.2 Å². The van der Waals surface area contributed by atoms with E-state index in [4.69, 9.17) is 14.2 Å². The number of nitrogens with one attached hydrogen (secondary N) is 2. The van der Waals surface area contributed by atoms with E-state index in [2.05, 4.69) is 22.8 Å². The zero-order valence-corrected chi connectivity index (χ0v) is 29.2. The molecule has 260 valence electrons. The Morgan fingerprint density at radius 1 is 0.667 bits per heavy atom. The van der Waals surface area contributed by atoms with Gasteiger partial charge >= 0.3 is 12.1 Å². The van der Waals surface area contributed by atoms with Crippen LogP contribution in [0, 0.1) is 0 Å². The quantitative estimate of drug-likeness (QED) is 0.110. The minimum atomic E-state index is -1.45. The molecule has 0 unspecified atom stereocenters. The second-order valence-corrected chi connectivity index (χ2v) is 13.4. The fourth-order valence-electron chi connectivity index (χ4n) is 6.53. The maximum atomic E-state index is 14.5. The molecule has 0 saturated heterocycles. The monoisotopic (exact) mass is 682 g/mol. The maximum Gasteiger partial charge on any atom is 0.407 e. The second-order valence-electron chi connectivity index (χ2n) is 13.4. The number of carbonyl (C=O) groups is 3. The number of hydrogen-bond acceptors (Lipinski definition) is 6. The first-order valence-electron chi connectivity index (χ1n) is 17.0. The number of alkyl carbamates (subject to hydrolysis) is 1. The van der Waals surface area contributed by atoms with Gasteiger partial charge in [0, 0.05) is 35.2 Å². The third kappa shape index (κ3) is 7.56. The number of carbonyl (C=O) groups excluding carboxylic acids is 3. The van der Waals surface area contributed by atoms with E-state index in [0.717, 1.165) is 22.3 Å². The van der Waals surface area contributed by atoms with Gasteiger partial charge in [0.2, 0.25) is 0 Å². The Labute approximate surface area is 298 Å². The van der Waals surface area contributed by atoms with Crippen LogP contribution in [0.2, 0.25) is 0 Å². The summed E-state index contributed by atoms with van der Waals surface area (Å²) in [6, 6.07) is 40.7. The van der Waals surface area contributed by atoms with Gasteiger partial charge in [0.15, 0.2) is 11.6 Å². The molecule has 51 heavy (non-hydrogen) atoms. The van der Waals surface area contributed by atoms with Gasteiger partial charge < -0.3 is 24.8 Å². The fraction of sp³-hybridized carbons (Fsp3) is 0.233. The van der Waals surface area contributed by atoms with E-state index < -0.39 is 29.3 Å². The first kappa shape index (κ1) is 35.1. The van der Waals surface area contributed by atoms with Crippen LogP contribution in [0.1, 0.15) is 64.9 Å². The smallest absolute Gasteiger partial charge is 0.407 e. The highest BCUT2D eigenvalue weighted by molar-refractivity contribution is 5.94. The minimum Gasteiger partial charge on any atom is -0.449 e. The van der Waals surface area contributed by atoms with E-state index in [0.29, 0.717) is 22.3 Å². The molecule has 1 atom stereocenters. The molecule has 1 aliphatic rings. The SMILES string of the molecule is CNC(=O)c1ccc(C(OC(=O)[C@H](COC(C)(C)C)NC(=O)OCC2c3ccccc3-c3ccccc32)(c2ccccc2)c2ccccc2)cc1. The number of fused-ring (bicyclic) bond motifs is 3. The van der Waals surface area contributed by atoms with Gasteiger partial charge in [-0.1, -0.05) is 121 Å². The summed E-state index contributed by atoms with van der Waals surface area (Å²) in [5.41, 5.74) is 4.73. The largest absolute Gasteiger partial charge is 0.449 e. The molecule has 0 heterocycles. The summed E-state index contributed by atoms with van der Waals surface area (Å²) in [6.07, 6.45) is -0.767. The van der Waals surface area contributed by atoms with Crippen molar-refractivity contribution in [2.45, 2.75) is 43.9 Å².